The van der Waals surface area contributed by atoms with Crippen LogP contribution in [0, 0.1) is 13.8 Å². The summed E-state index contributed by atoms with van der Waals surface area (Å²) in [5.74, 6) is 0. The standard InChI is InChI=1S/C27H36F3N5O2/c1-17-15-34(13-14-35(17)24(36)20-5-7-21(8-6-20)27(28,29)30)26(4)9-11-33(12-10-26)25-23(37-25)22-18(2)31-16-32-19(22)3/h5-8,16-17,23-25,36H,9-15H2,1-4H3/t17-,23?,24?,25?/m0/s1. The number of rotatable bonds is 5. The second kappa shape index (κ2) is 9.89. The Morgan fingerprint density at radius 2 is 1.65 bits per heavy atom. The molecule has 2 aromatic rings. The lowest BCUT2D eigenvalue weighted by Gasteiger charge is -2.52. The second-order valence-corrected chi connectivity index (χ2v) is 11.0. The van der Waals surface area contributed by atoms with Gasteiger partial charge in [0, 0.05) is 61.3 Å². The van der Waals surface area contributed by atoms with Gasteiger partial charge in [0.15, 0.2) is 0 Å². The van der Waals surface area contributed by atoms with Gasteiger partial charge in [0.05, 0.1) is 5.56 Å². The van der Waals surface area contributed by atoms with Crippen LogP contribution in [-0.2, 0) is 10.9 Å². The molecule has 4 heterocycles. The van der Waals surface area contributed by atoms with Gasteiger partial charge in [0.2, 0.25) is 0 Å². The number of benzene rings is 1. The number of aryl methyl sites for hydroxylation is 2. The normalized spacial score (nSPS) is 28.3. The van der Waals surface area contributed by atoms with E-state index in [4.69, 9.17) is 4.74 Å². The largest absolute Gasteiger partial charge is 0.416 e. The summed E-state index contributed by atoms with van der Waals surface area (Å²) < 4.78 is 44.8. The molecule has 4 atom stereocenters. The first kappa shape index (κ1) is 26.5. The van der Waals surface area contributed by atoms with Crippen molar-refractivity contribution in [3.63, 3.8) is 0 Å². The number of aliphatic hydroxyl groups is 1. The van der Waals surface area contributed by atoms with Gasteiger partial charge in [-0.1, -0.05) is 12.1 Å². The van der Waals surface area contributed by atoms with Crippen molar-refractivity contribution >= 4 is 0 Å². The van der Waals surface area contributed by atoms with Gasteiger partial charge < -0.3 is 9.84 Å². The molecule has 10 heteroatoms. The molecule has 0 saturated carbocycles. The average Bonchev–Trinajstić information content (AvgIpc) is 3.64. The summed E-state index contributed by atoms with van der Waals surface area (Å²) >= 11 is 0. The van der Waals surface area contributed by atoms with E-state index in [9.17, 15) is 18.3 Å². The van der Waals surface area contributed by atoms with Crippen LogP contribution in [0.4, 0.5) is 13.2 Å². The van der Waals surface area contributed by atoms with E-state index in [0.717, 1.165) is 68.1 Å². The minimum Gasteiger partial charge on any atom is -0.374 e. The van der Waals surface area contributed by atoms with Gasteiger partial charge in [0.25, 0.3) is 0 Å². The highest BCUT2D eigenvalue weighted by Gasteiger charge is 2.49. The third kappa shape index (κ3) is 5.27. The summed E-state index contributed by atoms with van der Waals surface area (Å²) in [7, 11) is 0. The number of aliphatic hydroxyl groups excluding tert-OH is 1. The minimum absolute atomic E-state index is 0.0424. The number of piperazine rings is 1. The first-order valence-corrected chi connectivity index (χ1v) is 13.0. The zero-order valence-corrected chi connectivity index (χ0v) is 21.9. The number of epoxide rings is 1. The van der Waals surface area contributed by atoms with Crippen LogP contribution in [0.3, 0.4) is 0 Å². The van der Waals surface area contributed by atoms with E-state index >= 15 is 0 Å². The zero-order valence-electron chi connectivity index (χ0n) is 21.9. The minimum atomic E-state index is -4.38. The van der Waals surface area contributed by atoms with Crippen LogP contribution >= 0.6 is 0 Å². The number of piperidine rings is 1. The maximum atomic E-state index is 12.9. The smallest absolute Gasteiger partial charge is 0.374 e. The summed E-state index contributed by atoms with van der Waals surface area (Å²) in [6, 6.07) is 4.90. The van der Waals surface area contributed by atoms with Gasteiger partial charge in [-0.3, -0.25) is 14.7 Å². The van der Waals surface area contributed by atoms with Crippen molar-refractivity contribution in [2.24, 2.45) is 0 Å². The van der Waals surface area contributed by atoms with E-state index in [0.29, 0.717) is 12.1 Å². The Balaban J connectivity index is 1.16. The molecule has 0 spiro atoms. The summed E-state index contributed by atoms with van der Waals surface area (Å²) in [4.78, 5) is 15.6. The number of hydrogen-bond acceptors (Lipinski definition) is 7. The molecule has 3 saturated heterocycles. The van der Waals surface area contributed by atoms with Gasteiger partial charge in [-0.15, -0.1) is 0 Å². The molecule has 0 amide bonds. The molecule has 5 rings (SSSR count). The monoisotopic (exact) mass is 519 g/mol. The van der Waals surface area contributed by atoms with Gasteiger partial charge >= 0.3 is 6.18 Å². The van der Waals surface area contributed by atoms with Crippen LogP contribution in [0.15, 0.2) is 30.6 Å². The molecule has 1 aromatic heterocycles. The number of likely N-dealkylation sites (tertiary alicyclic amines) is 1. The van der Waals surface area contributed by atoms with E-state index in [2.05, 4.69) is 33.6 Å². The molecular formula is C27H36F3N5O2. The number of alkyl halides is 3. The molecule has 3 aliphatic rings. The fourth-order valence-electron chi connectivity index (χ4n) is 6.05. The number of ether oxygens (including phenoxy) is 1. The lowest BCUT2D eigenvalue weighted by atomic mass is 9.86. The molecule has 3 aliphatic heterocycles. The first-order chi connectivity index (χ1) is 17.5. The lowest BCUT2D eigenvalue weighted by molar-refractivity contribution is -0.137. The van der Waals surface area contributed by atoms with Crippen molar-refractivity contribution in [1.82, 2.24) is 24.7 Å². The Morgan fingerprint density at radius 1 is 1.03 bits per heavy atom. The summed E-state index contributed by atoms with van der Waals surface area (Å²) in [5.41, 5.74) is 2.91. The van der Waals surface area contributed by atoms with Crippen molar-refractivity contribution in [3.8, 4) is 0 Å². The van der Waals surface area contributed by atoms with Crippen LogP contribution in [0.2, 0.25) is 0 Å². The van der Waals surface area contributed by atoms with Crippen LogP contribution < -0.4 is 0 Å². The first-order valence-electron chi connectivity index (χ1n) is 13.0. The fraction of sp³-hybridized carbons (Fsp3) is 0.630. The van der Waals surface area contributed by atoms with Gasteiger partial charge in [-0.25, -0.2) is 9.97 Å². The van der Waals surface area contributed by atoms with Crippen LogP contribution in [0.1, 0.15) is 67.1 Å². The summed E-state index contributed by atoms with van der Waals surface area (Å²) in [6.45, 7) is 12.6. The molecule has 0 radical (unpaired) electrons. The average molecular weight is 520 g/mol. The Hall–Kier alpha value is -2.11. The SMILES string of the molecule is Cc1ncnc(C)c1C1OC1N1CCC(C)(N2CCN(C(O)c3ccc(C(F)(F)F)cc3)[C@@H](C)C2)CC1. The molecular weight excluding hydrogens is 483 g/mol. The predicted molar refractivity (Wildman–Crippen MR) is 132 cm³/mol. The van der Waals surface area contributed by atoms with E-state index in [1.54, 1.807) is 6.33 Å². The van der Waals surface area contributed by atoms with Crippen molar-refractivity contribution in [1.29, 1.82) is 0 Å². The highest BCUT2D eigenvalue weighted by atomic mass is 19.4. The van der Waals surface area contributed by atoms with E-state index in [-0.39, 0.29) is 23.9 Å². The molecule has 3 unspecified atom stereocenters. The van der Waals surface area contributed by atoms with Crippen molar-refractivity contribution in [2.45, 2.75) is 76.9 Å². The molecule has 0 aliphatic carbocycles. The third-order valence-electron chi connectivity index (χ3n) is 8.56. The van der Waals surface area contributed by atoms with E-state index in [1.165, 1.54) is 12.1 Å². The van der Waals surface area contributed by atoms with Crippen LogP contribution in [0.25, 0.3) is 0 Å². The Bertz CT molecular complexity index is 1080. The van der Waals surface area contributed by atoms with Gasteiger partial charge in [0.1, 0.15) is 24.9 Å². The second-order valence-electron chi connectivity index (χ2n) is 11.0. The highest BCUT2D eigenvalue weighted by molar-refractivity contribution is 5.29. The zero-order chi connectivity index (χ0) is 26.5. The molecule has 202 valence electrons. The lowest BCUT2D eigenvalue weighted by Crippen LogP contribution is -2.62. The maximum absolute atomic E-state index is 12.9. The maximum Gasteiger partial charge on any atom is 0.416 e. The van der Waals surface area contributed by atoms with Gasteiger partial charge in [-0.2, -0.15) is 13.2 Å². The van der Waals surface area contributed by atoms with Crippen molar-refractivity contribution in [2.75, 3.05) is 32.7 Å². The Labute approximate surface area is 216 Å². The topological polar surface area (TPSA) is 68.3 Å². The molecule has 0 bridgehead atoms. The Morgan fingerprint density at radius 3 is 2.22 bits per heavy atom. The van der Waals surface area contributed by atoms with Gasteiger partial charge in [-0.05, 0) is 58.2 Å². The molecule has 1 N–H and O–H groups in total. The van der Waals surface area contributed by atoms with Crippen molar-refractivity contribution in [3.05, 3.63) is 58.7 Å². The van der Waals surface area contributed by atoms with Crippen LogP contribution in [0.5, 0.6) is 0 Å². The summed E-state index contributed by atoms with van der Waals surface area (Å²) in [5, 5.41) is 10.9. The predicted octanol–water partition coefficient (Wildman–Crippen LogP) is 4.06. The number of hydrogen-bond donors (Lipinski definition) is 1. The quantitative estimate of drug-likeness (QED) is 0.598. The highest BCUT2D eigenvalue weighted by Crippen LogP contribution is 2.45. The molecule has 1 aromatic carbocycles. The molecule has 37 heavy (non-hydrogen) atoms. The fourth-order valence-corrected chi connectivity index (χ4v) is 6.05. The number of halogens is 3. The molecule has 3 fully saturated rings. The van der Waals surface area contributed by atoms with E-state index in [1.807, 2.05) is 18.7 Å². The van der Waals surface area contributed by atoms with Crippen molar-refractivity contribution < 1.29 is 23.0 Å². The Kier molecular flexibility index (Phi) is 7.08. The summed E-state index contributed by atoms with van der Waals surface area (Å²) in [6.07, 6.45) is -1.53. The number of nitrogens with zero attached hydrogens (tertiary/aromatic N) is 5. The molecule has 7 nitrogen and oxygen atoms in total. The number of aromatic nitrogens is 2. The van der Waals surface area contributed by atoms with E-state index < -0.39 is 18.0 Å². The third-order valence-corrected chi connectivity index (χ3v) is 8.56. The van der Waals surface area contributed by atoms with Crippen LogP contribution in [-0.4, -0.2) is 80.3 Å².